The molecule has 1 aliphatic carbocycles. The molecule has 0 aromatic heterocycles. The fourth-order valence-electron chi connectivity index (χ4n) is 3.59. The van der Waals surface area contributed by atoms with Gasteiger partial charge in [-0.3, -0.25) is 4.79 Å². The molecule has 2 amide bonds. The van der Waals surface area contributed by atoms with E-state index in [1.807, 2.05) is 75.4 Å². The fraction of sp³-hybridized carbons (Fsp3) is 0.462. The van der Waals surface area contributed by atoms with Crippen molar-refractivity contribution in [2.75, 3.05) is 0 Å². The first-order valence-corrected chi connectivity index (χ1v) is 11.0. The van der Waals surface area contributed by atoms with Crippen LogP contribution in [0.25, 0.3) is 0 Å². The molecular weight excluding hydrogens is 404 g/mol. The van der Waals surface area contributed by atoms with E-state index in [-0.39, 0.29) is 11.8 Å². The van der Waals surface area contributed by atoms with E-state index in [4.69, 9.17) is 9.47 Å². The van der Waals surface area contributed by atoms with Crippen LogP contribution >= 0.6 is 0 Å². The van der Waals surface area contributed by atoms with Crippen molar-refractivity contribution in [3.8, 4) is 5.75 Å². The molecule has 1 aliphatic rings. The van der Waals surface area contributed by atoms with Crippen LogP contribution in [-0.4, -0.2) is 28.7 Å². The SMILES string of the molecule is CC(C)(C)NC(=O)C1(NC(=O)OC(C)(C)C)C[C@H]1c1ccc(OCc2ccccc2)cc1. The lowest BCUT2D eigenvalue weighted by Crippen LogP contribution is -2.55. The second kappa shape index (κ2) is 8.85. The Morgan fingerprint density at radius 3 is 2.16 bits per heavy atom. The van der Waals surface area contributed by atoms with E-state index in [0.717, 1.165) is 16.9 Å². The number of alkyl carbamates (subject to hydrolysis) is 1. The van der Waals surface area contributed by atoms with Crippen molar-refractivity contribution < 1.29 is 19.1 Å². The Labute approximate surface area is 190 Å². The van der Waals surface area contributed by atoms with Gasteiger partial charge in [0.15, 0.2) is 0 Å². The molecule has 1 saturated carbocycles. The van der Waals surface area contributed by atoms with E-state index in [1.54, 1.807) is 20.8 Å². The van der Waals surface area contributed by atoms with E-state index in [2.05, 4.69) is 10.6 Å². The van der Waals surface area contributed by atoms with Crippen molar-refractivity contribution in [2.45, 2.75) is 77.2 Å². The molecule has 0 bridgehead atoms. The Kier molecular flexibility index (Phi) is 6.54. The number of hydrogen-bond donors (Lipinski definition) is 2. The van der Waals surface area contributed by atoms with Gasteiger partial charge in [0, 0.05) is 11.5 Å². The Hall–Kier alpha value is -3.02. The summed E-state index contributed by atoms with van der Waals surface area (Å²) in [7, 11) is 0. The second-order valence-electron chi connectivity index (χ2n) is 10.4. The highest BCUT2D eigenvalue weighted by Gasteiger charge is 2.62. The summed E-state index contributed by atoms with van der Waals surface area (Å²) in [5.74, 6) is 0.411. The van der Waals surface area contributed by atoms with Gasteiger partial charge in [0.1, 0.15) is 23.5 Å². The Bertz CT molecular complexity index is 943. The van der Waals surface area contributed by atoms with Crippen LogP contribution in [0.4, 0.5) is 4.79 Å². The molecule has 0 radical (unpaired) electrons. The van der Waals surface area contributed by atoms with Gasteiger partial charge in [0.05, 0.1) is 0 Å². The van der Waals surface area contributed by atoms with E-state index in [1.165, 1.54) is 0 Å². The van der Waals surface area contributed by atoms with Gasteiger partial charge in [0.25, 0.3) is 0 Å². The van der Waals surface area contributed by atoms with Crippen LogP contribution in [-0.2, 0) is 16.1 Å². The van der Waals surface area contributed by atoms with Crippen LogP contribution in [0.1, 0.15) is 65.0 Å². The molecule has 6 nitrogen and oxygen atoms in total. The minimum absolute atomic E-state index is 0.138. The van der Waals surface area contributed by atoms with Crippen molar-refractivity contribution in [1.29, 1.82) is 0 Å². The minimum Gasteiger partial charge on any atom is -0.489 e. The standard InChI is InChI=1S/C26H34N2O4/c1-24(2,3)27-22(29)26(28-23(30)32-25(4,5)6)16-21(26)19-12-14-20(15-13-19)31-17-18-10-8-7-9-11-18/h7-15,21H,16-17H2,1-6H3,(H,27,29)(H,28,30)/t21-,26?/m0/s1. The van der Waals surface area contributed by atoms with E-state index in [0.29, 0.717) is 13.0 Å². The maximum absolute atomic E-state index is 13.1. The molecule has 32 heavy (non-hydrogen) atoms. The molecule has 0 aliphatic heterocycles. The third-order valence-electron chi connectivity index (χ3n) is 5.11. The zero-order valence-electron chi connectivity index (χ0n) is 19.8. The lowest BCUT2D eigenvalue weighted by atomic mass is 10.0. The first-order valence-electron chi connectivity index (χ1n) is 11.0. The molecule has 0 saturated heterocycles. The number of ether oxygens (including phenoxy) is 2. The summed E-state index contributed by atoms with van der Waals surface area (Å²) in [5.41, 5.74) is -0.0203. The number of benzene rings is 2. The topological polar surface area (TPSA) is 76.7 Å². The van der Waals surface area contributed by atoms with Gasteiger partial charge in [-0.25, -0.2) is 4.79 Å². The highest BCUT2D eigenvalue weighted by molar-refractivity contribution is 5.95. The zero-order valence-corrected chi connectivity index (χ0v) is 19.8. The maximum atomic E-state index is 13.1. The summed E-state index contributed by atoms with van der Waals surface area (Å²) < 4.78 is 11.3. The number of hydrogen-bond acceptors (Lipinski definition) is 4. The maximum Gasteiger partial charge on any atom is 0.408 e. The fourth-order valence-corrected chi connectivity index (χ4v) is 3.59. The van der Waals surface area contributed by atoms with Gasteiger partial charge in [-0.1, -0.05) is 42.5 Å². The van der Waals surface area contributed by atoms with Gasteiger partial charge in [-0.05, 0) is 71.2 Å². The summed E-state index contributed by atoms with van der Waals surface area (Å²) >= 11 is 0. The average molecular weight is 439 g/mol. The predicted molar refractivity (Wildman–Crippen MR) is 125 cm³/mol. The lowest BCUT2D eigenvalue weighted by molar-refractivity contribution is -0.125. The van der Waals surface area contributed by atoms with Crippen molar-refractivity contribution in [1.82, 2.24) is 10.6 Å². The molecule has 2 aromatic carbocycles. The van der Waals surface area contributed by atoms with Crippen LogP contribution in [0.2, 0.25) is 0 Å². The summed E-state index contributed by atoms with van der Waals surface area (Å²) in [5, 5.41) is 5.86. The monoisotopic (exact) mass is 438 g/mol. The molecule has 0 heterocycles. The summed E-state index contributed by atoms with van der Waals surface area (Å²) in [6.07, 6.45) is -0.0786. The average Bonchev–Trinajstić information content (AvgIpc) is 3.40. The molecule has 1 fully saturated rings. The van der Waals surface area contributed by atoms with Crippen LogP contribution in [0.15, 0.2) is 54.6 Å². The Balaban J connectivity index is 1.72. The number of nitrogens with one attached hydrogen (secondary N) is 2. The van der Waals surface area contributed by atoms with E-state index >= 15 is 0 Å². The van der Waals surface area contributed by atoms with Crippen LogP contribution in [0.3, 0.4) is 0 Å². The van der Waals surface area contributed by atoms with E-state index in [9.17, 15) is 9.59 Å². The van der Waals surface area contributed by atoms with Crippen LogP contribution in [0.5, 0.6) is 5.75 Å². The molecule has 1 unspecified atom stereocenters. The minimum atomic E-state index is -1.03. The molecule has 2 N–H and O–H groups in total. The Morgan fingerprint density at radius 1 is 0.969 bits per heavy atom. The van der Waals surface area contributed by atoms with Crippen molar-refractivity contribution in [2.24, 2.45) is 0 Å². The highest BCUT2D eigenvalue weighted by Crippen LogP contribution is 2.52. The summed E-state index contributed by atoms with van der Waals surface area (Å²) in [6, 6.07) is 17.7. The molecule has 6 heteroatoms. The van der Waals surface area contributed by atoms with Gasteiger partial charge in [-0.15, -0.1) is 0 Å². The van der Waals surface area contributed by atoms with Gasteiger partial charge in [-0.2, -0.15) is 0 Å². The molecule has 172 valence electrons. The van der Waals surface area contributed by atoms with Crippen molar-refractivity contribution in [3.63, 3.8) is 0 Å². The van der Waals surface area contributed by atoms with Gasteiger partial charge < -0.3 is 20.1 Å². The Morgan fingerprint density at radius 2 is 1.59 bits per heavy atom. The molecule has 0 spiro atoms. The van der Waals surface area contributed by atoms with E-state index < -0.39 is 22.8 Å². The largest absolute Gasteiger partial charge is 0.489 e. The lowest BCUT2D eigenvalue weighted by Gasteiger charge is -2.28. The normalized spacial score (nSPS) is 20.2. The van der Waals surface area contributed by atoms with Gasteiger partial charge in [0.2, 0.25) is 5.91 Å². The van der Waals surface area contributed by atoms with Crippen molar-refractivity contribution in [3.05, 3.63) is 65.7 Å². The van der Waals surface area contributed by atoms with Gasteiger partial charge >= 0.3 is 6.09 Å². The first kappa shape index (κ1) is 23.6. The molecule has 2 atom stereocenters. The number of rotatable bonds is 6. The van der Waals surface area contributed by atoms with Crippen molar-refractivity contribution >= 4 is 12.0 Å². The molecule has 2 aromatic rings. The van der Waals surface area contributed by atoms with Crippen LogP contribution < -0.4 is 15.4 Å². The van der Waals surface area contributed by atoms with Crippen LogP contribution in [0, 0.1) is 0 Å². The number of carbonyl (C=O) groups is 2. The molecular formula is C26H34N2O4. The third-order valence-corrected chi connectivity index (χ3v) is 5.11. The second-order valence-corrected chi connectivity index (χ2v) is 10.4. The highest BCUT2D eigenvalue weighted by atomic mass is 16.6. The smallest absolute Gasteiger partial charge is 0.408 e. The number of carbonyl (C=O) groups excluding carboxylic acids is 2. The summed E-state index contributed by atoms with van der Waals surface area (Å²) in [6.45, 7) is 11.6. The zero-order chi connectivity index (χ0) is 23.6. The first-order chi connectivity index (χ1) is 14.9. The summed E-state index contributed by atoms with van der Waals surface area (Å²) in [4.78, 5) is 25.6. The quantitative estimate of drug-likeness (QED) is 0.670. The third kappa shape index (κ3) is 6.25. The predicted octanol–water partition coefficient (Wildman–Crippen LogP) is 4.93. The number of amides is 2. The molecule has 3 rings (SSSR count).